The summed E-state index contributed by atoms with van der Waals surface area (Å²) >= 11 is 2.44. The van der Waals surface area contributed by atoms with Gasteiger partial charge < -0.3 is 11.1 Å². The Kier molecular flexibility index (Phi) is 4.19. The first-order valence-electron chi connectivity index (χ1n) is 5.77. The van der Waals surface area contributed by atoms with Crippen molar-refractivity contribution in [3.63, 3.8) is 0 Å². The molecule has 0 amide bonds. The lowest BCUT2D eigenvalue weighted by molar-refractivity contribution is -0.136. The van der Waals surface area contributed by atoms with Gasteiger partial charge in [0.25, 0.3) is 0 Å². The van der Waals surface area contributed by atoms with Crippen LogP contribution in [0.3, 0.4) is 0 Å². The molecule has 2 heterocycles. The van der Waals surface area contributed by atoms with Crippen LogP contribution >= 0.6 is 22.9 Å². The maximum absolute atomic E-state index is 12.4. The lowest BCUT2D eigenvalue weighted by Crippen LogP contribution is -2.23. The molecule has 2 aromatic heterocycles. The van der Waals surface area contributed by atoms with Gasteiger partial charge in [-0.2, -0.15) is 17.5 Å². The molecule has 2 rings (SSSR count). The molecule has 0 aliphatic rings. The van der Waals surface area contributed by atoms with E-state index in [1.165, 1.54) is 18.3 Å². The van der Waals surface area contributed by atoms with Gasteiger partial charge >= 0.3 is 6.18 Å². The summed E-state index contributed by atoms with van der Waals surface area (Å²) in [5.74, 6) is 0.283. The van der Waals surface area contributed by atoms with Crippen LogP contribution in [0.4, 0.5) is 24.0 Å². The molecule has 0 aliphatic carbocycles. The zero-order valence-electron chi connectivity index (χ0n) is 10.8. The Morgan fingerprint density at radius 3 is 2.70 bits per heavy atom. The third-order valence-electron chi connectivity index (χ3n) is 2.47. The van der Waals surface area contributed by atoms with E-state index >= 15 is 0 Å². The van der Waals surface area contributed by atoms with E-state index in [4.69, 9.17) is 5.73 Å². The first-order valence-corrected chi connectivity index (χ1v) is 7.42. The van der Waals surface area contributed by atoms with E-state index in [1.54, 1.807) is 0 Å². The number of halogens is 3. The van der Waals surface area contributed by atoms with Crippen molar-refractivity contribution in [3.8, 4) is 10.6 Å². The van der Waals surface area contributed by atoms with Crippen LogP contribution in [0.1, 0.15) is 19.0 Å². The average Bonchev–Trinajstić information content (AvgIpc) is 2.83. The average molecular weight is 322 g/mol. The minimum Gasteiger partial charge on any atom is -0.382 e. The quantitative estimate of drug-likeness (QED) is 0.896. The molecule has 0 aliphatic heterocycles. The highest BCUT2D eigenvalue weighted by molar-refractivity contribution is 7.15. The molecule has 9 heteroatoms. The van der Waals surface area contributed by atoms with Crippen LogP contribution in [0, 0.1) is 6.92 Å². The van der Waals surface area contributed by atoms with Crippen molar-refractivity contribution in [1.82, 2.24) is 9.36 Å². The van der Waals surface area contributed by atoms with Crippen LogP contribution in [0.25, 0.3) is 10.6 Å². The molecule has 0 aromatic carbocycles. The molecule has 1 unspecified atom stereocenters. The van der Waals surface area contributed by atoms with E-state index in [1.807, 2.05) is 12.3 Å². The summed E-state index contributed by atoms with van der Waals surface area (Å²) in [6.45, 7) is 3.32. The second kappa shape index (κ2) is 5.57. The second-order valence-corrected chi connectivity index (χ2v) is 6.06. The largest absolute Gasteiger partial charge is 0.391 e. The van der Waals surface area contributed by atoms with Gasteiger partial charge in [-0.15, -0.1) is 11.3 Å². The lowest BCUT2D eigenvalue weighted by atomic mass is 10.2. The zero-order valence-corrected chi connectivity index (χ0v) is 12.4. The van der Waals surface area contributed by atoms with Gasteiger partial charge in [0.1, 0.15) is 15.8 Å². The standard InChI is InChI=1S/C11H13F3N4S2/c1-5(3-11(12,13)14)16-10-7(8(15)18-20-10)9-17-6(2)4-19-9/h4-5,16H,3H2,1-2H3,(H2,15,18). The molecular formula is C11H13F3N4S2. The van der Waals surface area contributed by atoms with Gasteiger partial charge in [0.15, 0.2) is 0 Å². The summed E-state index contributed by atoms with van der Waals surface area (Å²) in [4.78, 5) is 4.30. The Balaban J connectivity index is 2.21. The highest BCUT2D eigenvalue weighted by atomic mass is 32.1. The highest BCUT2D eigenvalue weighted by Crippen LogP contribution is 2.39. The molecule has 3 N–H and O–H groups in total. The first-order chi connectivity index (χ1) is 9.26. The van der Waals surface area contributed by atoms with Crippen molar-refractivity contribution in [2.24, 2.45) is 0 Å². The minimum atomic E-state index is -4.21. The van der Waals surface area contributed by atoms with Crippen LogP contribution in [-0.4, -0.2) is 21.6 Å². The topological polar surface area (TPSA) is 63.8 Å². The van der Waals surface area contributed by atoms with E-state index in [9.17, 15) is 13.2 Å². The van der Waals surface area contributed by atoms with Crippen molar-refractivity contribution in [2.45, 2.75) is 32.5 Å². The number of hydrogen-bond donors (Lipinski definition) is 2. The maximum atomic E-state index is 12.4. The SMILES string of the molecule is Cc1csc(-c2c(N)nsc2NC(C)CC(F)(F)F)n1. The fraction of sp³-hybridized carbons (Fsp3) is 0.455. The molecule has 1 atom stereocenters. The van der Waals surface area contributed by atoms with Gasteiger partial charge in [-0.05, 0) is 25.4 Å². The van der Waals surface area contributed by atoms with E-state index in [2.05, 4.69) is 14.7 Å². The molecule has 0 radical (unpaired) electrons. The zero-order chi connectivity index (χ0) is 14.9. The predicted octanol–water partition coefficient (Wildman–Crippen LogP) is 3.91. The van der Waals surface area contributed by atoms with Crippen molar-refractivity contribution in [3.05, 3.63) is 11.1 Å². The van der Waals surface area contributed by atoms with Crippen molar-refractivity contribution < 1.29 is 13.2 Å². The Morgan fingerprint density at radius 2 is 2.15 bits per heavy atom. The summed E-state index contributed by atoms with van der Waals surface area (Å²) in [5.41, 5.74) is 7.21. The van der Waals surface area contributed by atoms with Gasteiger partial charge in [0.2, 0.25) is 0 Å². The molecule has 2 aromatic rings. The number of rotatable bonds is 4. The fourth-order valence-corrected chi connectivity index (χ4v) is 3.45. The molecule has 0 bridgehead atoms. The number of nitrogens with one attached hydrogen (secondary N) is 1. The van der Waals surface area contributed by atoms with Crippen LogP contribution in [0.15, 0.2) is 5.38 Å². The number of nitrogens with zero attached hydrogens (tertiary/aromatic N) is 2. The molecular weight excluding hydrogens is 309 g/mol. The number of hydrogen-bond acceptors (Lipinski definition) is 6. The third-order valence-corrected chi connectivity index (χ3v) is 4.24. The number of aromatic nitrogens is 2. The number of alkyl halides is 3. The summed E-state index contributed by atoms with van der Waals surface area (Å²) in [6, 6.07) is -0.755. The number of thiazole rings is 1. The first kappa shape index (κ1) is 15.0. The second-order valence-electron chi connectivity index (χ2n) is 4.43. The van der Waals surface area contributed by atoms with Gasteiger partial charge in [-0.1, -0.05) is 0 Å². The number of nitrogens with two attached hydrogens (primary N) is 1. The van der Waals surface area contributed by atoms with Crippen LogP contribution < -0.4 is 11.1 Å². The minimum absolute atomic E-state index is 0.283. The smallest absolute Gasteiger partial charge is 0.382 e. The number of anilines is 2. The van der Waals surface area contributed by atoms with E-state index in [0.29, 0.717) is 15.6 Å². The summed E-state index contributed by atoms with van der Waals surface area (Å²) < 4.78 is 41.1. The number of nitrogen functional groups attached to an aromatic ring is 1. The monoisotopic (exact) mass is 322 g/mol. The lowest BCUT2D eigenvalue weighted by Gasteiger charge is -2.16. The molecule has 4 nitrogen and oxygen atoms in total. The Hall–Kier alpha value is -1.35. The van der Waals surface area contributed by atoms with E-state index in [0.717, 1.165) is 17.2 Å². The van der Waals surface area contributed by atoms with Gasteiger partial charge in [0, 0.05) is 17.1 Å². The Labute approximate surface area is 122 Å². The predicted molar refractivity (Wildman–Crippen MR) is 76.1 cm³/mol. The Morgan fingerprint density at radius 1 is 1.45 bits per heavy atom. The van der Waals surface area contributed by atoms with E-state index < -0.39 is 18.6 Å². The van der Waals surface area contributed by atoms with Crippen molar-refractivity contribution >= 4 is 33.7 Å². The molecule has 0 fully saturated rings. The molecule has 20 heavy (non-hydrogen) atoms. The van der Waals surface area contributed by atoms with E-state index in [-0.39, 0.29) is 5.82 Å². The molecule has 0 spiro atoms. The van der Waals surface area contributed by atoms with Crippen LogP contribution in [0.5, 0.6) is 0 Å². The molecule has 0 saturated heterocycles. The number of aryl methyl sites for hydroxylation is 1. The van der Waals surface area contributed by atoms with Gasteiger partial charge in [0.05, 0.1) is 12.0 Å². The molecule has 110 valence electrons. The molecule has 0 saturated carbocycles. The summed E-state index contributed by atoms with van der Waals surface area (Å²) in [5, 5.41) is 5.86. The van der Waals surface area contributed by atoms with Crippen molar-refractivity contribution in [1.29, 1.82) is 0 Å². The third kappa shape index (κ3) is 3.60. The summed E-state index contributed by atoms with van der Waals surface area (Å²) in [7, 11) is 0. The van der Waals surface area contributed by atoms with Crippen LogP contribution in [-0.2, 0) is 0 Å². The van der Waals surface area contributed by atoms with Gasteiger partial charge in [-0.25, -0.2) is 4.98 Å². The normalized spacial score (nSPS) is 13.4. The Bertz CT molecular complexity index is 591. The van der Waals surface area contributed by atoms with Crippen molar-refractivity contribution in [2.75, 3.05) is 11.1 Å². The van der Waals surface area contributed by atoms with Gasteiger partial charge in [-0.3, -0.25) is 0 Å². The fourth-order valence-electron chi connectivity index (χ4n) is 1.70. The maximum Gasteiger partial charge on any atom is 0.391 e. The van der Waals surface area contributed by atoms with Crippen LogP contribution in [0.2, 0.25) is 0 Å². The highest BCUT2D eigenvalue weighted by Gasteiger charge is 2.30. The summed E-state index contributed by atoms with van der Waals surface area (Å²) in [6.07, 6.45) is -5.12.